The lowest BCUT2D eigenvalue weighted by Crippen LogP contribution is -2.16. The van der Waals surface area contributed by atoms with E-state index in [4.69, 9.17) is 26.2 Å². The topological polar surface area (TPSA) is 55.8 Å². The van der Waals surface area contributed by atoms with Crippen molar-refractivity contribution in [1.29, 1.82) is 0 Å². The Hall–Kier alpha value is -1.26. The van der Waals surface area contributed by atoms with Crippen LogP contribution in [-0.2, 0) is 4.74 Å². The van der Waals surface area contributed by atoms with Crippen LogP contribution >= 0.6 is 11.6 Å². The van der Waals surface area contributed by atoms with Crippen molar-refractivity contribution in [2.45, 2.75) is 13.0 Å². The van der Waals surface area contributed by atoms with Gasteiger partial charge in [-0.3, -0.25) is 0 Å². The van der Waals surface area contributed by atoms with E-state index in [1.165, 1.54) is 12.1 Å². The first-order chi connectivity index (χ1) is 7.54. The highest BCUT2D eigenvalue weighted by atomic mass is 35.5. The van der Waals surface area contributed by atoms with Crippen LogP contribution in [0, 0.1) is 0 Å². The van der Waals surface area contributed by atoms with E-state index in [9.17, 15) is 4.79 Å². The molecule has 0 aliphatic carbocycles. The van der Waals surface area contributed by atoms with Gasteiger partial charge < -0.3 is 14.6 Å². The molecule has 5 heteroatoms. The normalized spacial score (nSPS) is 12.2. The van der Waals surface area contributed by atoms with Crippen molar-refractivity contribution in [3.63, 3.8) is 0 Å². The Morgan fingerprint density at radius 1 is 1.56 bits per heavy atom. The van der Waals surface area contributed by atoms with E-state index in [0.717, 1.165) is 0 Å². The van der Waals surface area contributed by atoms with E-state index in [1.807, 2.05) is 6.92 Å². The predicted octanol–water partition coefficient (Wildman–Crippen LogP) is 2.45. The second-order valence-corrected chi connectivity index (χ2v) is 3.71. The highest BCUT2D eigenvalue weighted by molar-refractivity contribution is 6.33. The third kappa shape index (κ3) is 3.40. The van der Waals surface area contributed by atoms with Crippen molar-refractivity contribution in [3.05, 3.63) is 28.8 Å². The van der Waals surface area contributed by atoms with Gasteiger partial charge in [-0.05, 0) is 25.1 Å². The van der Waals surface area contributed by atoms with E-state index < -0.39 is 5.97 Å². The van der Waals surface area contributed by atoms with Crippen LogP contribution in [0.15, 0.2) is 18.2 Å². The molecule has 1 aromatic rings. The molecule has 0 heterocycles. The zero-order valence-corrected chi connectivity index (χ0v) is 9.82. The summed E-state index contributed by atoms with van der Waals surface area (Å²) in [6.07, 6.45) is -0.0519. The number of carboxylic acids is 1. The SMILES string of the molecule is COC(C)COc1ccc(Cl)c(C(=O)O)c1. The van der Waals surface area contributed by atoms with Gasteiger partial charge in [-0.2, -0.15) is 0 Å². The fraction of sp³-hybridized carbons (Fsp3) is 0.364. The van der Waals surface area contributed by atoms with Crippen LogP contribution < -0.4 is 4.74 Å². The molecule has 16 heavy (non-hydrogen) atoms. The first-order valence-corrected chi connectivity index (χ1v) is 5.11. The Labute approximate surface area is 98.7 Å². The highest BCUT2D eigenvalue weighted by Crippen LogP contribution is 2.22. The number of aromatic carboxylic acids is 1. The van der Waals surface area contributed by atoms with Crippen LogP contribution in [0.4, 0.5) is 0 Å². The molecule has 0 radical (unpaired) electrons. The van der Waals surface area contributed by atoms with Crippen molar-refractivity contribution in [3.8, 4) is 5.75 Å². The molecule has 0 saturated heterocycles. The zero-order chi connectivity index (χ0) is 12.1. The summed E-state index contributed by atoms with van der Waals surface area (Å²) in [5.41, 5.74) is 0.0317. The maximum absolute atomic E-state index is 10.8. The third-order valence-corrected chi connectivity index (χ3v) is 2.38. The lowest BCUT2D eigenvalue weighted by molar-refractivity contribution is 0.0689. The van der Waals surface area contributed by atoms with Gasteiger partial charge in [0.25, 0.3) is 0 Å². The minimum atomic E-state index is -1.07. The number of carboxylic acid groups (broad SMARTS) is 1. The number of carbonyl (C=O) groups is 1. The Balaban J connectivity index is 2.75. The molecular weight excluding hydrogens is 232 g/mol. The molecule has 0 aliphatic rings. The number of hydrogen-bond donors (Lipinski definition) is 1. The molecule has 1 rings (SSSR count). The lowest BCUT2D eigenvalue weighted by atomic mass is 10.2. The maximum Gasteiger partial charge on any atom is 0.337 e. The van der Waals surface area contributed by atoms with E-state index in [-0.39, 0.29) is 16.7 Å². The molecule has 1 aromatic carbocycles. The van der Waals surface area contributed by atoms with Crippen LogP contribution in [0.3, 0.4) is 0 Å². The molecule has 0 spiro atoms. The van der Waals surface area contributed by atoms with Crippen molar-refractivity contribution in [2.75, 3.05) is 13.7 Å². The molecule has 0 aliphatic heterocycles. The van der Waals surface area contributed by atoms with Gasteiger partial charge in [0.2, 0.25) is 0 Å². The summed E-state index contributed by atoms with van der Waals surface area (Å²) in [5.74, 6) is -0.610. The largest absolute Gasteiger partial charge is 0.491 e. The predicted molar refractivity (Wildman–Crippen MR) is 60.4 cm³/mol. The lowest BCUT2D eigenvalue weighted by Gasteiger charge is -2.12. The van der Waals surface area contributed by atoms with Crippen molar-refractivity contribution >= 4 is 17.6 Å². The summed E-state index contributed by atoms with van der Waals surface area (Å²) in [6, 6.07) is 4.52. The summed E-state index contributed by atoms with van der Waals surface area (Å²) in [6.45, 7) is 2.21. The van der Waals surface area contributed by atoms with Crippen LogP contribution in [0.2, 0.25) is 5.02 Å². The molecule has 1 atom stereocenters. The molecule has 4 nitrogen and oxygen atoms in total. The smallest absolute Gasteiger partial charge is 0.337 e. The fourth-order valence-corrected chi connectivity index (χ4v) is 1.24. The van der Waals surface area contributed by atoms with E-state index in [0.29, 0.717) is 12.4 Å². The molecule has 1 unspecified atom stereocenters. The van der Waals surface area contributed by atoms with Crippen LogP contribution in [0.5, 0.6) is 5.75 Å². The first-order valence-electron chi connectivity index (χ1n) is 4.73. The first kappa shape index (κ1) is 12.8. The maximum atomic E-state index is 10.8. The molecule has 88 valence electrons. The molecular formula is C11H13ClO4. The van der Waals surface area contributed by atoms with Gasteiger partial charge in [-0.25, -0.2) is 4.79 Å². The standard InChI is InChI=1S/C11H13ClO4/c1-7(15-2)6-16-8-3-4-10(12)9(5-8)11(13)14/h3-5,7H,6H2,1-2H3,(H,13,14). The Kier molecular flexibility index (Phi) is 4.58. The minimum Gasteiger partial charge on any atom is -0.491 e. The molecule has 1 N–H and O–H groups in total. The van der Waals surface area contributed by atoms with Gasteiger partial charge in [0, 0.05) is 7.11 Å². The number of rotatable bonds is 5. The molecule has 0 saturated carbocycles. The molecule has 0 aromatic heterocycles. The number of methoxy groups -OCH3 is 1. The van der Waals surface area contributed by atoms with Crippen LogP contribution in [0.1, 0.15) is 17.3 Å². The van der Waals surface area contributed by atoms with Crippen LogP contribution in [0.25, 0.3) is 0 Å². The zero-order valence-electron chi connectivity index (χ0n) is 9.07. The quantitative estimate of drug-likeness (QED) is 0.864. The average molecular weight is 245 g/mol. The fourth-order valence-electron chi connectivity index (χ4n) is 1.04. The van der Waals surface area contributed by atoms with Gasteiger partial charge in [-0.1, -0.05) is 11.6 Å². The molecule has 0 bridgehead atoms. The van der Waals surface area contributed by atoms with Crippen LogP contribution in [-0.4, -0.2) is 30.9 Å². The summed E-state index contributed by atoms with van der Waals surface area (Å²) >= 11 is 5.72. The van der Waals surface area contributed by atoms with Gasteiger partial charge in [-0.15, -0.1) is 0 Å². The summed E-state index contributed by atoms with van der Waals surface area (Å²) < 4.78 is 10.4. The molecule has 0 amide bonds. The van der Waals surface area contributed by atoms with Crippen molar-refractivity contribution < 1.29 is 19.4 Å². The van der Waals surface area contributed by atoms with Gasteiger partial charge in [0.1, 0.15) is 12.4 Å². The summed E-state index contributed by atoms with van der Waals surface area (Å²) in [5, 5.41) is 9.04. The second-order valence-electron chi connectivity index (χ2n) is 3.30. The van der Waals surface area contributed by atoms with Gasteiger partial charge >= 0.3 is 5.97 Å². The minimum absolute atomic E-state index is 0.0317. The number of benzene rings is 1. The Morgan fingerprint density at radius 2 is 2.25 bits per heavy atom. The number of halogens is 1. The van der Waals surface area contributed by atoms with E-state index in [1.54, 1.807) is 13.2 Å². The second kappa shape index (κ2) is 5.72. The summed E-state index contributed by atoms with van der Waals surface area (Å²) in [4.78, 5) is 10.8. The van der Waals surface area contributed by atoms with Gasteiger partial charge in [0.05, 0.1) is 16.7 Å². The van der Waals surface area contributed by atoms with Gasteiger partial charge in [0.15, 0.2) is 0 Å². The monoisotopic (exact) mass is 244 g/mol. The van der Waals surface area contributed by atoms with Crippen molar-refractivity contribution in [2.24, 2.45) is 0 Å². The Morgan fingerprint density at radius 3 is 2.81 bits per heavy atom. The van der Waals surface area contributed by atoms with E-state index >= 15 is 0 Å². The Bertz CT molecular complexity index is 378. The van der Waals surface area contributed by atoms with Crippen molar-refractivity contribution in [1.82, 2.24) is 0 Å². The highest BCUT2D eigenvalue weighted by Gasteiger charge is 2.10. The number of hydrogen-bond acceptors (Lipinski definition) is 3. The van der Waals surface area contributed by atoms with E-state index in [2.05, 4.69) is 0 Å². The average Bonchev–Trinajstić information content (AvgIpc) is 2.27. The summed E-state index contributed by atoms with van der Waals surface area (Å²) in [7, 11) is 1.58. The molecule has 0 fully saturated rings. The third-order valence-electron chi connectivity index (χ3n) is 2.06. The number of ether oxygens (including phenoxy) is 2.